The number of hydrogen-bond donors (Lipinski definition) is 2. The third-order valence-corrected chi connectivity index (χ3v) is 6.81. The predicted molar refractivity (Wildman–Crippen MR) is 122 cm³/mol. The summed E-state index contributed by atoms with van der Waals surface area (Å²) in [5.41, 5.74) is 3.14. The Bertz CT molecular complexity index is 1090. The van der Waals surface area contributed by atoms with Crippen molar-refractivity contribution in [2.24, 2.45) is 0 Å². The van der Waals surface area contributed by atoms with Gasteiger partial charge in [-0.3, -0.25) is 4.79 Å². The van der Waals surface area contributed by atoms with E-state index < -0.39 is 29.6 Å². The number of benzene rings is 2. The average Bonchev–Trinajstić information content (AvgIpc) is 3.09. The van der Waals surface area contributed by atoms with Crippen LogP contribution in [0.15, 0.2) is 48.5 Å². The molecule has 0 heterocycles. The number of carboxylic acid groups (broad SMARTS) is 1. The van der Waals surface area contributed by atoms with Gasteiger partial charge in [-0.2, -0.15) is 0 Å². The summed E-state index contributed by atoms with van der Waals surface area (Å²) in [4.78, 5) is 38.6. The molecular weight excluding hydrogens is 420 g/mol. The van der Waals surface area contributed by atoms with Crippen molar-refractivity contribution in [3.63, 3.8) is 0 Å². The van der Waals surface area contributed by atoms with E-state index in [1.54, 1.807) is 0 Å². The molecule has 2 amide bonds. The molecule has 0 bridgehead atoms. The van der Waals surface area contributed by atoms with Crippen LogP contribution in [-0.2, 0) is 14.3 Å². The van der Waals surface area contributed by atoms with E-state index in [-0.39, 0.29) is 18.9 Å². The minimum atomic E-state index is -1.24. The van der Waals surface area contributed by atoms with Crippen molar-refractivity contribution in [3.8, 4) is 23.5 Å². The molecule has 2 aromatic carbocycles. The Morgan fingerprint density at radius 3 is 2.21 bits per heavy atom. The second kappa shape index (κ2) is 8.99. The number of ether oxygens (including phenoxy) is 1. The highest BCUT2D eigenvalue weighted by Gasteiger charge is 2.50. The van der Waals surface area contributed by atoms with Gasteiger partial charge >= 0.3 is 12.1 Å². The molecule has 2 aliphatic rings. The molecule has 0 spiro atoms. The molecule has 4 rings (SSSR count). The maximum atomic E-state index is 13.0. The Kier molecular flexibility index (Phi) is 6.10. The number of alkyl carbamates (subject to hydrolysis) is 1. The molecule has 170 valence electrons. The summed E-state index contributed by atoms with van der Waals surface area (Å²) in [6.45, 7) is 0.103. The summed E-state index contributed by atoms with van der Waals surface area (Å²) < 4.78 is 5.51. The van der Waals surface area contributed by atoms with Crippen molar-refractivity contribution in [2.75, 3.05) is 13.7 Å². The number of hydrogen-bond acceptors (Lipinski definition) is 4. The first-order valence-corrected chi connectivity index (χ1v) is 10.9. The quantitative estimate of drug-likeness (QED) is 0.636. The zero-order valence-corrected chi connectivity index (χ0v) is 18.4. The SMILES string of the molecule is C#CCC(NC(=O)OCC1c2ccccc2-c2ccccc21)C(=O)N(C)C1(C(=O)O)CCC1. The Labute approximate surface area is 192 Å². The summed E-state index contributed by atoms with van der Waals surface area (Å²) in [5.74, 6) is 0.681. The lowest BCUT2D eigenvalue weighted by Crippen LogP contribution is -2.63. The van der Waals surface area contributed by atoms with Crippen molar-refractivity contribution < 1.29 is 24.2 Å². The molecule has 33 heavy (non-hydrogen) atoms. The summed E-state index contributed by atoms with van der Waals surface area (Å²) in [5, 5.41) is 12.2. The number of aliphatic carboxylic acids is 1. The fourth-order valence-corrected chi connectivity index (χ4v) is 4.75. The van der Waals surface area contributed by atoms with Crippen LogP contribution in [0.25, 0.3) is 11.1 Å². The van der Waals surface area contributed by atoms with Gasteiger partial charge in [0.25, 0.3) is 0 Å². The minimum Gasteiger partial charge on any atom is -0.479 e. The number of carbonyl (C=O) groups is 3. The lowest BCUT2D eigenvalue weighted by Gasteiger charge is -2.45. The summed E-state index contributed by atoms with van der Waals surface area (Å²) in [6.07, 6.45) is 6.05. The van der Waals surface area contributed by atoms with E-state index in [1.165, 1.54) is 11.9 Å². The normalized spacial score (nSPS) is 16.4. The van der Waals surface area contributed by atoms with Crippen LogP contribution in [0.2, 0.25) is 0 Å². The van der Waals surface area contributed by atoms with Gasteiger partial charge in [-0.05, 0) is 41.5 Å². The lowest BCUT2D eigenvalue weighted by molar-refractivity contribution is -0.164. The molecule has 0 saturated heterocycles. The van der Waals surface area contributed by atoms with Gasteiger partial charge in [-0.15, -0.1) is 12.3 Å². The van der Waals surface area contributed by atoms with Crippen LogP contribution in [0, 0.1) is 12.3 Å². The Morgan fingerprint density at radius 1 is 1.15 bits per heavy atom. The van der Waals surface area contributed by atoms with Crippen molar-refractivity contribution in [2.45, 2.75) is 43.2 Å². The van der Waals surface area contributed by atoms with Crippen LogP contribution in [-0.4, -0.2) is 53.2 Å². The summed E-state index contributed by atoms with van der Waals surface area (Å²) in [6, 6.07) is 14.9. The number of terminal acetylenes is 1. The number of carbonyl (C=O) groups excluding carboxylic acids is 2. The van der Waals surface area contributed by atoms with Gasteiger partial charge in [-0.1, -0.05) is 48.5 Å². The van der Waals surface area contributed by atoms with Crippen molar-refractivity contribution >= 4 is 18.0 Å². The third kappa shape index (κ3) is 3.93. The number of likely N-dealkylation sites (N-methyl/N-ethyl adjacent to an activating group) is 1. The highest BCUT2D eigenvalue weighted by atomic mass is 16.5. The number of carboxylic acids is 1. The zero-order valence-electron chi connectivity index (χ0n) is 18.4. The molecule has 2 aliphatic carbocycles. The van der Waals surface area contributed by atoms with Crippen molar-refractivity contribution in [1.82, 2.24) is 10.2 Å². The van der Waals surface area contributed by atoms with Crippen LogP contribution in [0.5, 0.6) is 0 Å². The monoisotopic (exact) mass is 446 g/mol. The van der Waals surface area contributed by atoms with E-state index in [2.05, 4.69) is 11.2 Å². The molecule has 2 N–H and O–H groups in total. The molecule has 2 aromatic rings. The molecule has 1 unspecified atom stereocenters. The molecular formula is C26H26N2O5. The van der Waals surface area contributed by atoms with E-state index in [4.69, 9.17) is 11.2 Å². The van der Waals surface area contributed by atoms with Crippen molar-refractivity contribution in [1.29, 1.82) is 0 Å². The third-order valence-electron chi connectivity index (χ3n) is 6.81. The number of nitrogens with zero attached hydrogens (tertiary/aromatic N) is 1. The molecule has 0 aromatic heterocycles. The van der Waals surface area contributed by atoms with Crippen molar-refractivity contribution in [3.05, 3.63) is 59.7 Å². The molecule has 0 aliphatic heterocycles. The first kappa shape index (κ1) is 22.4. The molecule has 1 fully saturated rings. The molecule has 7 heteroatoms. The predicted octanol–water partition coefficient (Wildman–Crippen LogP) is 3.38. The van der Waals surface area contributed by atoms with Crippen LogP contribution >= 0.6 is 0 Å². The van der Waals surface area contributed by atoms with E-state index in [1.807, 2.05) is 48.5 Å². The minimum absolute atomic E-state index is 0.0664. The lowest BCUT2D eigenvalue weighted by atomic mass is 9.75. The summed E-state index contributed by atoms with van der Waals surface area (Å²) in [7, 11) is 1.44. The van der Waals surface area contributed by atoms with Crippen LogP contribution in [0.3, 0.4) is 0 Å². The van der Waals surface area contributed by atoms with E-state index in [9.17, 15) is 19.5 Å². The van der Waals surface area contributed by atoms with Gasteiger partial charge in [-0.25, -0.2) is 9.59 Å². The number of amides is 2. The molecule has 0 radical (unpaired) electrons. The molecule has 7 nitrogen and oxygen atoms in total. The Balaban J connectivity index is 1.44. The topological polar surface area (TPSA) is 95.9 Å². The fraction of sp³-hybridized carbons (Fsp3) is 0.346. The Hall–Kier alpha value is -3.79. The van der Waals surface area contributed by atoms with Crippen LogP contribution < -0.4 is 5.32 Å². The second-order valence-corrected chi connectivity index (χ2v) is 8.52. The average molecular weight is 447 g/mol. The first-order valence-electron chi connectivity index (χ1n) is 10.9. The Morgan fingerprint density at radius 2 is 1.73 bits per heavy atom. The molecule has 1 atom stereocenters. The largest absolute Gasteiger partial charge is 0.479 e. The van der Waals surface area contributed by atoms with Gasteiger partial charge in [0.2, 0.25) is 5.91 Å². The number of fused-ring (bicyclic) bond motifs is 3. The van der Waals surface area contributed by atoms with Gasteiger partial charge in [0, 0.05) is 19.4 Å². The fourth-order valence-electron chi connectivity index (χ4n) is 4.75. The summed E-state index contributed by atoms with van der Waals surface area (Å²) >= 11 is 0. The first-order chi connectivity index (χ1) is 15.9. The van der Waals surface area contributed by atoms with Gasteiger partial charge in [0.05, 0.1) is 0 Å². The number of rotatable bonds is 7. The smallest absolute Gasteiger partial charge is 0.407 e. The number of nitrogens with one attached hydrogen (secondary N) is 1. The highest BCUT2D eigenvalue weighted by Crippen LogP contribution is 2.44. The van der Waals surface area contributed by atoms with Crippen LogP contribution in [0.1, 0.15) is 42.7 Å². The zero-order chi connectivity index (χ0) is 23.6. The van der Waals surface area contributed by atoms with Gasteiger partial charge < -0.3 is 20.1 Å². The maximum Gasteiger partial charge on any atom is 0.407 e. The van der Waals surface area contributed by atoms with Gasteiger partial charge in [0.15, 0.2) is 0 Å². The second-order valence-electron chi connectivity index (χ2n) is 8.52. The van der Waals surface area contributed by atoms with Crippen LogP contribution in [0.4, 0.5) is 4.79 Å². The molecule has 1 saturated carbocycles. The highest BCUT2D eigenvalue weighted by molar-refractivity contribution is 5.92. The van der Waals surface area contributed by atoms with E-state index in [0.717, 1.165) is 28.7 Å². The maximum absolute atomic E-state index is 13.0. The van der Waals surface area contributed by atoms with Gasteiger partial charge in [0.1, 0.15) is 18.2 Å². The van der Waals surface area contributed by atoms with E-state index >= 15 is 0 Å². The van der Waals surface area contributed by atoms with E-state index in [0.29, 0.717) is 12.8 Å². The standard InChI is InChI=1S/C26H26N2O5/c1-3-9-22(23(29)28(2)26(24(30)31)14-8-15-26)27-25(32)33-16-21-19-12-6-4-10-17(19)18-11-5-7-13-20(18)21/h1,4-7,10-13,21-22H,8-9,14-16H2,2H3,(H,27,32)(H,30,31).